The van der Waals surface area contributed by atoms with Gasteiger partial charge in [0, 0.05) is 25.2 Å². The van der Waals surface area contributed by atoms with Crippen molar-refractivity contribution in [2.45, 2.75) is 37.9 Å². The van der Waals surface area contributed by atoms with Crippen LogP contribution in [0.4, 0.5) is 4.39 Å². The monoisotopic (exact) mass is 365 g/mol. The van der Waals surface area contributed by atoms with Gasteiger partial charge in [-0.2, -0.15) is 0 Å². The third kappa shape index (κ3) is 3.99. The largest absolute Gasteiger partial charge is 0.336 e. The molecular weight excluding hydrogens is 345 g/mol. The second-order valence-corrected chi connectivity index (χ2v) is 6.61. The van der Waals surface area contributed by atoms with Crippen LogP contribution in [0.1, 0.15) is 35.3 Å². The number of nitrogens with one attached hydrogen (secondary N) is 1. The number of likely N-dealkylation sites (tertiary alicyclic amines) is 1. The Morgan fingerprint density at radius 3 is 2.96 bits per heavy atom. The van der Waals surface area contributed by atoms with E-state index in [9.17, 15) is 9.18 Å². The summed E-state index contributed by atoms with van der Waals surface area (Å²) in [5.74, 6) is -0.356. The third-order valence-electron chi connectivity index (χ3n) is 4.80. The molecule has 25 heavy (non-hydrogen) atoms. The Bertz CT molecular complexity index is 752. The molecule has 2 aliphatic heterocycles. The zero-order chi connectivity index (χ0) is 16.5. The van der Waals surface area contributed by atoms with Gasteiger partial charge in [0.05, 0.1) is 12.7 Å². The Morgan fingerprint density at radius 1 is 1.28 bits per heavy atom. The number of fused-ring (bicyclic) bond motifs is 2. The van der Waals surface area contributed by atoms with Crippen molar-refractivity contribution in [3.63, 3.8) is 0 Å². The highest BCUT2D eigenvalue weighted by Crippen LogP contribution is 2.21. The number of amides is 1. The fourth-order valence-electron chi connectivity index (χ4n) is 3.59. The molecule has 2 aliphatic rings. The van der Waals surface area contributed by atoms with Gasteiger partial charge in [-0.3, -0.25) is 4.79 Å². The molecule has 0 spiro atoms. The molecule has 1 amide bonds. The molecule has 4 rings (SSSR count). The van der Waals surface area contributed by atoms with Crippen LogP contribution in [0.25, 0.3) is 0 Å². The fourth-order valence-corrected chi connectivity index (χ4v) is 3.59. The molecule has 0 saturated carbocycles. The summed E-state index contributed by atoms with van der Waals surface area (Å²) >= 11 is 0. The van der Waals surface area contributed by atoms with E-state index in [-0.39, 0.29) is 24.1 Å². The van der Waals surface area contributed by atoms with E-state index < -0.39 is 0 Å². The molecule has 134 valence electrons. The quantitative estimate of drug-likeness (QED) is 0.901. The van der Waals surface area contributed by atoms with Gasteiger partial charge in [-0.15, -0.1) is 17.5 Å². The summed E-state index contributed by atoms with van der Waals surface area (Å²) in [5, 5.41) is 11.6. The first kappa shape index (κ1) is 17.8. The van der Waals surface area contributed by atoms with E-state index in [0.29, 0.717) is 24.3 Å². The maximum atomic E-state index is 13.2. The first-order valence-electron chi connectivity index (χ1n) is 8.37. The Morgan fingerprint density at radius 2 is 2.12 bits per heavy atom. The minimum atomic E-state index is -0.281. The van der Waals surface area contributed by atoms with E-state index in [0.717, 1.165) is 31.5 Å². The van der Waals surface area contributed by atoms with Gasteiger partial charge >= 0.3 is 0 Å². The average molecular weight is 366 g/mol. The van der Waals surface area contributed by atoms with Gasteiger partial charge in [0.25, 0.3) is 5.91 Å². The molecule has 0 radical (unpaired) electrons. The Labute approximate surface area is 151 Å². The molecule has 2 bridgehead atoms. The number of aromatic nitrogens is 3. The summed E-state index contributed by atoms with van der Waals surface area (Å²) in [6.45, 7) is 1.88. The van der Waals surface area contributed by atoms with Crippen LogP contribution in [-0.4, -0.2) is 51.0 Å². The number of hydrogen-bond donors (Lipinski definition) is 1. The highest BCUT2D eigenvalue weighted by Gasteiger charge is 2.32. The van der Waals surface area contributed by atoms with Crippen molar-refractivity contribution in [1.82, 2.24) is 25.2 Å². The lowest BCUT2D eigenvalue weighted by atomic mass is 10.1. The van der Waals surface area contributed by atoms with Crippen molar-refractivity contribution < 1.29 is 9.18 Å². The highest BCUT2D eigenvalue weighted by molar-refractivity contribution is 5.92. The summed E-state index contributed by atoms with van der Waals surface area (Å²) in [6.07, 6.45) is 4.96. The van der Waals surface area contributed by atoms with Crippen LogP contribution in [0.3, 0.4) is 0 Å². The first-order valence-corrected chi connectivity index (χ1v) is 8.37. The first-order chi connectivity index (χ1) is 11.7. The van der Waals surface area contributed by atoms with Crippen LogP contribution < -0.4 is 5.32 Å². The van der Waals surface area contributed by atoms with Crippen LogP contribution in [-0.2, 0) is 6.54 Å². The standard InChI is InChI=1S/C17H20FN5O.ClH/c18-13-3-1-2-12(8-13)9-23-11-16(20-21-23)17(24)22-7-6-14-4-5-15(10-22)19-14;/h1-3,8,11,14-15,19H,4-7,9-10H2;1H. The lowest BCUT2D eigenvalue weighted by molar-refractivity contribution is 0.0742. The summed E-state index contributed by atoms with van der Waals surface area (Å²) in [7, 11) is 0. The average Bonchev–Trinajstić information content (AvgIpc) is 3.13. The van der Waals surface area contributed by atoms with E-state index in [1.807, 2.05) is 11.0 Å². The van der Waals surface area contributed by atoms with Crippen LogP contribution in [0.5, 0.6) is 0 Å². The molecular formula is C17H21ClFN5O. The Hall–Kier alpha value is -1.99. The number of carbonyl (C=O) groups excluding carboxylic acids is 1. The third-order valence-corrected chi connectivity index (χ3v) is 4.80. The Balaban J connectivity index is 0.00000182. The Kier molecular flexibility index (Phi) is 5.34. The van der Waals surface area contributed by atoms with E-state index in [2.05, 4.69) is 15.6 Å². The summed E-state index contributed by atoms with van der Waals surface area (Å²) in [6, 6.07) is 7.28. The molecule has 1 aromatic carbocycles. The number of nitrogens with zero attached hydrogens (tertiary/aromatic N) is 4. The molecule has 2 fully saturated rings. The zero-order valence-electron chi connectivity index (χ0n) is 13.8. The number of carbonyl (C=O) groups is 1. The van der Waals surface area contributed by atoms with Crippen molar-refractivity contribution in [2.24, 2.45) is 0 Å². The molecule has 1 aromatic heterocycles. The zero-order valence-corrected chi connectivity index (χ0v) is 14.6. The van der Waals surface area contributed by atoms with Crippen LogP contribution in [0.15, 0.2) is 30.5 Å². The van der Waals surface area contributed by atoms with Gasteiger partial charge < -0.3 is 10.2 Å². The molecule has 8 heteroatoms. The molecule has 2 unspecified atom stereocenters. The van der Waals surface area contributed by atoms with Gasteiger partial charge in [-0.25, -0.2) is 9.07 Å². The van der Waals surface area contributed by atoms with Gasteiger partial charge in [0.1, 0.15) is 5.82 Å². The van der Waals surface area contributed by atoms with Crippen molar-refractivity contribution in [3.05, 3.63) is 47.5 Å². The topological polar surface area (TPSA) is 63.1 Å². The minimum absolute atomic E-state index is 0. The molecule has 2 aromatic rings. The molecule has 0 aliphatic carbocycles. The molecule has 1 N–H and O–H groups in total. The second kappa shape index (κ2) is 7.49. The summed E-state index contributed by atoms with van der Waals surface area (Å²) < 4.78 is 14.8. The van der Waals surface area contributed by atoms with Crippen molar-refractivity contribution in [3.8, 4) is 0 Å². The summed E-state index contributed by atoms with van der Waals surface area (Å²) in [5.41, 5.74) is 1.14. The van der Waals surface area contributed by atoms with E-state index in [1.54, 1.807) is 16.9 Å². The number of benzene rings is 1. The van der Waals surface area contributed by atoms with Crippen molar-refractivity contribution in [1.29, 1.82) is 0 Å². The molecule has 2 atom stereocenters. The van der Waals surface area contributed by atoms with E-state index in [4.69, 9.17) is 0 Å². The van der Waals surface area contributed by atoms with Gasteiger partial charge in [0.15, 0.2) is 5.69 Å². The van der Waals surface area contributed by atoms with Crippen molar-refractivity contribution >= 4 is 18.3 Å². The second-order valence-electron chi connectivity index (χ2n) is 6.61. The summed E-state index contributed by atoms with van der Waals surface area (Å²) in [4.78, 5) is 14.5. The maximum absolute atomic E-state index is 13.2. The van der Waals surface area contributed by atoms with Crippen LogP contribution >= 0.6 is 12.4 Å². The smallest absolute Gasteiger partial charge is 0.276 e. The van der Waals surface area contributed by atoms with Gasteiger partial charge in [0.2, 0.25) is 0 Å². The fraction of sp³-hybridized carbons (Fsp3) is 0.471. The van der Waals surface area contributed by atoms with Crippen LogP contribution in [0, 0.1) is 5.82 Å². The lowest BCUT2D eigenvalue weighted by Crippen LogP contribution is -2.39. The molecule has 6 nitrogen and oxygen atoms in total. The van der Waals surface area contributed by atoms with E-state index in [1.165, 1.54) is 18.6 Å². The number of rotatable bonds is 3. The highest BCUT2D eigenvalue weighted by atomic mass is 35.5. The van der Waals surface area contributed by atoms with E-state index >= 15 is 0 Å². The lowest BCUT2D eigenvalue weighted by Gasteiger charge is -2.23. The van der Waals surface area contributed by atoms with Gasteiger partial charge in [-0.1, -0.05) is 17.3 Å². The predicted octanol–water partition coefficient (Wildman–Crippen LogP) is 1.85. The predicted molar refractivity (Wildman–Crippen MR) is 93.2 cm³/mol. The molecule has 2 saturated heterocycles. The van der Waals surface area contributed by atoms with Crippen molar-refractivity contribution in [2.75, 3.05) is 13.1 Å². The molecule has 3 heterocycles. The van der Waals surface area contributed by atoms with Crippen LogP contribution in [0.2, 0.25) is 0 Å². The van der Waals surface area contributed by atoms with Gasteiger partial charge in [-0.05, 0) is 37.0 Å². The minimum Gasteiger partial charge on any atom is -0.336 e. The number of halogens is 2. The normalized spacial score (nSPS) is 22.4. The SMILES string of the molecule is Cl.O=C(c1cn(Cc2cccc(F)c2)nn1)N1CCC2CCC(C1)N2. The number of hydrogen-bond acceptors (Lipinski definition) is 4. The maximum Gasteiger partial charge on any atom is 0.276 e.